The topological polar surface area (TPSA) is 98.7 Å². The normalized spacial score (nSPS) is 18.4. The van der Waals surface area contributed by atoms with Gasteiger partial charge in [0.05, 0.1) is 5.56 Å². The van der Waals surface area contributed by atoms with Crippen molar-refractivity contribution in [3.05, 3.63) is 23.8 Å². The number of hydrogen-bond acceptors (Lipinski definition) is 4. The van der Waals surface area contributed by atoms with E-state index >= 15 is 0 Å². The average Bonchev–Trinajstić information content (AvgIpc) is 2.75. The van der Waals surface area contributed by atoms with Crippen LogP contribution in [0.1, 0.15) is 23.2 Å². The van der Waals surface area contributed by atoms with E-state index in [0.717, 1.165) is 0 Å². The van der Waals surface area contributed by atoms with Gasteiger partial charge in [-0.1, -0.05) is 0 Å². The zero-order chi connectivity index (χ0) is 13.1. The third-order valence-corrected chi connectivity index (χ3v) is 2.82. The van der Waals surface area contributed by atoms with Gasteiger partial charge in [-0.2, -0.15) is 0 Å². The number of phenols is 2. The highest BCUT2D eigenvalue weighted by Gasteiger charge is 2.21. The zero-order valence-corrected chi connectivity index (χ0v) is 9.64. The zero-order valence-electron chi connectivity index (χ0n) is 9.64. The number of aromatic hydroxyl groups is 2. The summed E-state index contributed by atoms with van der Waals surface area (Å²) in [4.78, 5) is 22.7. The average molecular weight is 250 g/mol. The molecule has 1 atom stereocenters. The summed E-state index contributed by atoms with van der Waals surface area (Å²) < 4.78 is 0. The van der Waals surface area contributed by atoms with Crippen LogP contribution < -0.4 is 10.6 Å². The molecule has 96 valence electrons. The lowest BCUT2D eigenvalue weighted by Crippen LogP contribution is -2.38. The highest BCUT2D eigenvalue weighted by molar-refractivity contribution is 5.97. The van der Waals surface area contributed by atoms with Gasteiger partial charge in [0.15, 0.2) is 0 Å². The van der Waals surface area contributed by atoms with Gasteiger partial charge in [0.1, 0.15) is 11.5 Å². The standard InChI is InChI=1S/C12H14N2O4/c15-8-2-3-10(16)9(5-8)12(18)13-6-7-1-4-11(17)14-7/h2-3,5,7,15-16H,1,4,6H2,(H,13,18)(H,14,17). The molecule has 1 heterocycles. The molecule has 0 bridgehead atoms. The summed E-state index contributed by atoms with van der Waals surface area (Å²) in [5.41, 5.74) is 0.0133. The van der Waals surface area contributed by atoms with Crippen LogP contribution >= 0.6 is 0 Å². The summed E-state index contributed by atoms with van der Waals surface area (Å²) in [6, 6.07) is 3.67. The van der Waals surface area contributed by atoms with Crippen molar-refractivity contribution in [2.24, 2.45) is 0 Å². The molecule has 0 saturated carbocycles. The second kappa shape index (κ2) is 4.95. The lowest BCUT2D eigenvalue weighted by atomic mass is 10.1. The predicted octanol–water partition coefficient (Wildman–Crippen LogP) is 0.106. The minimum atomic E-state index is -0.482. The molecule has 0 spiro atoms. The Morgan fingerprint density at radius 1 is 1.44 bits per heavy atom. The highest BCUT2D eigenvalue weighted by atomic mass is 16.3. The molecule has 1 saturated heterocycles. The molecule has 1 fully saturated rings. The first-order valence-electron chi connectivity index (χ1n) is 5.66. The van der Waals surface area contributed by atoms with E-state index in [1.165, 1.54) is 18.2 Å². The van der Waals surface area contributed by atoms with Gasteiger partial charge < -0.3 is 20.8 Å². The molecule has 2 rings (SSSR count). The number of carbonyl (C=O) groups excluding carboxylic acids is 2. The monoisotopic (exact) mass is 250 g/mol. The van der Waals surface area contributed by atoms with Gasteiger partial charge in [-0.15, -0.1) is 0 Å². The van der Waals surface area contributed by atoms with Crippen LogP contribution in [0.3, 0.4) is 0 Å². The van der Waals surface area contributed by atoms with Crippen LogP contribution in [0.2, 0.25) is 0 Å². The lowest BCUT2D eigenvalue weighted by molar-refractivity contribution is -0.119. The Hall–Kier alpha value is -2.24. The third-order valence-electron chi connectivity index (χ3n) is 2.82. The maximum absolute atomic E-state index is 11.8. The number of rotatable bonds is 3. The van der Waals surface area contributed by atoms with Gasteiger partial charge in [-0.3, -0.25) is 9.59 Å². The lowest BCUT2D eigenvalue weighted by Gasteiger charge is -2.12. The summed E-state index contributed by atoms with van der Waals surface area (Å²) in [5.74, 6) is -0.785. The summed E-state index contributed by atoms with van der Waals surface area (Å²) >= 11 is 0. The molecule has 0 radical (unpaired) electrons. The first kappa shape index (κ1) is 12.2. The van der Waals surface area contributed by atoms with Crippen molar-refractivity contribution < 1.29 is 19.8 Å². The van der Waals surface area contributed by atoms with Crippen LogP contribution in [0.5, 0.6) is 11.5 Å². The van der Waals surface area contributed by atoms with Gasteiger partial charge in [-0.05, 0) is 24.6 Å². The number of carbonyl (C=O) groups is 2. The van der Waals surface area contributed by atoms with Crippen molar-refractivity contribution in [2.75, 3.05) is 6.54 Å². The van der Waals surface area contributed by atoms with Gasteiger partial charge in [0.25, 0.3) is 5.91 Å². The Kier molecular flexibility index (Phi) is 3.36. The fraction of sp³-hybridized carbons (Fsp3) is 0.333. The summed E-state index contributed by atoms with van der Waals surface area (Å²) in [5, 5.41) is 24.1. The van der Waals surface area contributed by atoms with Crippen molar-refractivity contribution in [2.45, 2.75) is 18.9 Å². The van der Waals surface area contributed by atoms with E-state index in [9.17, 15) is 19.8 Å². The van der Waals surface area contributed by atoms with E-state index in [0.29, 0.717) is 19.4 Å². The molecular formula is C12H14N2O4. The van der Waals surface area contributed by atoms with E-state index in [2.05, 4.69) is 10.6 Å². The molecule has 1 aliphatic heterocycles. The molecular weight excluding hydrogens is 236 g/mol. The number of benzene rings is 1. The van der Waals surface area contributed by atoms with E-state index in [-0.39, 0.29) is 29.0 Å². The van der Waals surface area contributed by atoms with Gasteiger partial charge in [0, 0.05) is 19.0 Å². The number of amides is 2. The van der Waals surface area contributed by atoms with Crippen molar-refractivity contribution in [1.82, 2.24) is 10.6 Å². The Morgan fingerprint density at radius 3 is 2.89 bits per heavy atom. The Morgan fingerprint density at radius 2 is 2.22 bits per heavy atom. The highest BCUT2D eigenvalue weighted by Crippen LogP contribution is 2.21. The number of nitrogens with one attached hydrogen (secondary N) is 2. The Labute approximate surface area is 104 Å². The maximum atomic E-state index is 11.8. The minimum absolute atomic E-state index is 0.0133. The smallest absolute Gasteiger partial charge is 0.255 e. The van der Waals surface area contributed by atoms with Crippen LogP contribution in [0.15, 0.2) is 18.2 Å². The first-order chi connectivity index (χ1) is 8.56. The Balaban J connectivity index is 1.95. The fourth-order valence-corrected chi connectivity index (χ4v) is 1.85. The summed E-state index contributed by atoms with van der Waals surface area (Å²) in [7, 11) is 0. The number of hydrogen-bond donors (Lipinski definition) is 4. The minimum Gasteiger partial charge on any atom is -0.508 e. The van der Waals surface area contributed by atoms with Crippen LogP contribution in [0, 0.1) is 0 Å². The van der Waals surface area contributed by atoms with Crippen LogP contribution in [-0.4, -0.2) is 34.6 Å². The Bertz CT molecular complexity index is 487. The third kappa shape index (κ3) is 2.71. The maximum Gasteiger partial charge on any atom is 0.255 e. The van der Waals surface area contributed by atoms with Crippen LogP contribution in [-0.2, 0) is 4.79 Å². The van der Waals surface area contributed by atoms with E-state index < -0.39 is 5.91 Å². The van der Waals surface area contributed by atoms with Crippen molar-refractivity contribution in [3.63, 3.8) is 0 Å². The van der Waals surface area contributed by atoms with E-state index in [1.807, 2.05) is 0 Å². The molecule has 0 aliphatic carbocycles. The molecule has 1 aromatic carbocycles. The first-order valence-corrected chi connectivity index (χ1v) is 5.66. The van der Waals surface area contributed by atoms with Gasteiger partial charge >= 0.3 is 0 Å². The van der Waals surface area contributed by atoms with Crippen LogP contribution in [0.25, 0.3) is 0 Å². The van der Waals surface area contributed by atoms with Gasteiger partial charge in [0.2, 0.25) is 5.91 Å². The largest absolute Gasteiger partial charge is 0.508 e. The molecule has 6 nitrogen and oxygen atoms in total. The van der Waals surface area contributed by atoms with E-state index in [4.69, 9.17) is 0 Å². The van der Waals surface area contributed by atoms with Crippen LogP contribution in [0.4, 0.5) is 0 Å². The molecule has 1 aliphatic rings. The SMILES string of the molecule is O=C1CCC(CNC(=O)c2cc(O)ccc2O)N1. The second-order valence-corrected chi connectivity index (χ2v) is 4.21. The van der Waals surface area contributed by atoms with Crippen molar-refractivity contribution >= 4 is 11.8 Å². The summed E-state index contributed by atoms with van der Waals surface area (Å²) in [6.45, 7) is 0.305. The molecule has 6 heteroatoms. The fourth-order valence-electron chi connectivity index (χ4n) is 1.85. The van der Waals surface area contributed by atoms with E-state index in [1.54, 1.807) is 0 Å². The molecule has 1 unspecified atom stereocenters. The quantitative estimate of drug-likeness (QED) is 0.572. The molecule has 1 aromatic rings. The van der Waals surface area contributed by atoms with Crippen molar-refractivity contribution in [3.8, 4) is 11.5 Å². The molecule has 18 heavy (non-hydrogen) atoms. The summed E-state index contributed by atoms with van der Waals surface area (Å²) in [6.07, 6.45) is 1.16. The molecule has 2 amide bonds. The number of phenolic OH excluding ortho intramolecular Hbond substituents is 2. The molecule has 0 aromatic heterocycles. The van der Waals surface area contributed by atoms with Crippen molar-refractivity contribution in [1.29, 1.82) is 0 Å². The predicted molar refractivity (Wildman–Crippen MR) is 63.3 cm³/mol. The second-order valence-electron chi connectivity index (χ2n) is 4.21. The van der Waals surface area contributed by atoms with Gasteiger partial charge in [-0.25, -0.2) is 0 Å². The molecule has 4 N–H and O–H groups in total.